The van der Waals surface area contributed by atoms with Gasteiger partial charge in [-0.15, -0.1) is 0 Å². The Bertz CT molecular complexity index is 205. The molecule has 0 aliphatic carbocycles. The van der Waals surface area contributed by atoms with Crippen LogP contribution in [0.4, 0.5) is 0 Å². The average molecular weight is 213 g/mol. The van der Waals surface area contributed by atoms with E-state index in [-0.39, 0.29) is 0 Å². The zero-order chi connectivity index (χ0) is 9.38. The van der Waals surface area contributed by atoms with Gasteiger partial charge in [-0.05, 0) is 31.4 Å². The standard InChI is InChI=1S/C11H19NOS/c1-2-11-8(5-10(1)13-11)6-12-9-3-4-14-7-9/h8-12H,1-7H2/t8-,9?,10-,11+/m1/s1. The van der Waals surface area contributed by atoms with Crippen LogP contribution in [0.5, 0.6) is 0 Å². The van der Waals surface area contributed by atoms with Gasteiger partial charge < -0.3 is 10.1 Å². The first-order chi connectivity index (χ1) is 6.92. The molecule has 0 radical (unpaired) electrons. The van der Waals surface area contributed by atoms with Gasteiger partial charge in [0.25, 0.3) is 0 Å². The summed E-state index contributed by atoms with van der Waals surface area (Å²) in [4.78, 5) is 0. The van der Waals surface area contributed by atoms with Gasteiger partial charge in [-0.2, -0.15) is 11.8 Å². The molecule has 1 N–H and O–H groups in total. The van der Waals surface area contributed by atoms with E-state index in [1.54, 1.807) is 0 Å². The highest BCUT2D eigenvalue weighted by Crippen LogP contribution is 2.38. The van der Waals surface area contributed by atoms with Gasteiger partial charge in [0.1, 0.15) is 0 Å². The predicted octanol–water partition coefficient (Wildman–Crippen LogP) is 1.65. The fourth-order valence-electron chi connectivity index (χ4n) is 2.97. The van der Waals surface area contributed by atoms with Crippen LogP contribution in [0, 0.1) is 5.92 Å². The van der Waals surface area contributed by atoms with E-state index in [4.69, 9.17) is 4.74 Å². The Hall–Kier alpha value is 0.270. The maximum atomic E-state index is 5.85. The van der Waals surface area contributed by atoms with Crippen LogP contribution in [-0.2, 0) is 4.74 Å². The van der Waals surface area contributed by atoms with Crippen molar-refractivity contribution in [2.24, 2.45) is 5.92 Å². The van der Waals surface area contributed by atoms with Crippen molar-refractivity contribution in [3.05, 3.63) is 0 Å². The third kappa shape index (κ3) is 1.82. The maximum absolute atomic E-state index is 5.85. The molecular formula is C11H19NOS. The van der Waals surface area contributed by atoms with Gasteiger partial charge in [0.15, 0.2) is 0 Å². The lowest BCUT2D eigenvalue weighted by Crippen LogP contribution is -2.36. The molecule has 2 nitrogen and oxygen atoms in total. The molecule has 0 aromatic rings. The number of thioether (sulfide) groups is 1. The molecule has 14 heavy (non-hydrogen) atoms. The molecule has 3 heteroatoms. The fraction of sp³-hybridized carbons (Fsp3) is 1.00. The van der Waals surface area contributed by atoms with Gasteiger partial charge in [0.2, 0.25) is 0 Å². The van der Waals surface area contributed by atoms with Crippen LogP contribution in [-0.4, -0.2) is 36.3 Å². The van der Waals surface area contributed by atoms with Crippen molar-refractivity contribution in [2.45, 2.75) is 43.9 Å². The zero-order valence-electron chi connectivity index (χ0n) is 8.58. The minimum Gasteiger partial charge on any atom is -0.375 e. The van der Waals surface area contributed by atoms with E-state index in [0.29, 0.717) is 12.2 Å². The molecule has 3 fully saturated rings. The van der Waals surface area contributed by atoms with E-state index >= 15 is 0 Å². The molecule has 0 aromatic carbocycles. The molecule has 0 saturated carbocycles. The molecule has 0 aromatic heterocycles. The van der Waals surface area contributed by atoms with Crippen molar-refractivity contribution in [1.82, 2.24) is 5.32 Å². The molecule has 80 valence electrons. The molecule has 3 heterocycles. The first-order valence-electron chi connectivity index (χ1n) is 5.88. The minimum absolute atomic E-state index is 0.599. The second kappa shape index (κ2) is 4.03. The van der Waals surface area contributed by atoms with Crippen LogP contribution < -0.4 is 5.32 Å². The van der Waals surface area contributed by atoms with Gasteiger partial charge >= 0.3 is 0 Å². The SMILES string of the molecule is C1CC(NC[C@H]2C[C@H]3CC[C@@H]2O3)CS1. The largest absolute Gasteiger partial charge is 0.375 e. The Labute approximate surface area is 90.2 Å². The molecular weight excluding hydrogens is 194 g/mol. The predicted molar refractivity (Wildman–Crippen MR) is 59.7 cm³/mol. The van der Waals surface area contributed by atoms with E-state index in [1.165, 1.54) is 43.7 Å². The molecule has 0 amide bonds. The summed E-state index contributed by atoms with van der Waals surface area (Å²) < 4.78 is 5.85. The van der Waals surface area contributed by atoms with Crippen LogP contribution in [0.25, 0.3) is 0 Å². The first kappa shape index (κ1) is 9.49. The van der Waals surface area contributed by atoms with E-state index in [1.807, 2.05) is 0 Å². The Balaban J connectivity index is 1.44. The van der Waals surface area contributed by atoms with E-state index in [9.17, 15) is 0 Å². The summed E-state index contributed by atoms with van der Waals surface area (Å²) >= 11 is 2.09. The van der Waals surface area contributed by atoms with Crippen molar-refractivity contribution in [3.63, 3.8) is 0 Å². The number of ether oxygens (including phenoxy) is 1. The topological polar surface area (TPSA) is 21.3 Å². The summed E-state index contributed by atoms with van der Waals surface area (Å²) in [6.45, 7) is 1.20. The van der Waals surface area contributed by atoms with Gasteiger partial charge in [-0.3, -0.25) is 0 Å². The molecule has 3 aliphatic rings. The van der Waals surface area contributed by atoms with Crippen LogP contribution in [0.1, 0.15) is 25.7 Å². The lowest BCUT2D eigenvalue weighted by atomic mass is 9.89. The molecule has 3 saturated heterocycles. The third-order valence-corrected chi connectivity index (χ3v) is 4.99. The summed E-state index contributed by atoms with van der Waals surface area (Å²) in [6, 6.07) is 0.791. The van der Waals surface area contributed by atoms with Crippen molar-refractivity contribution in [1.29, 1.82) is 0 Å². The summed E-state index contributed by atoms with van der Waals surface area (Å²) in [5.41, 5.74) is 0. The Morgan fingerprint density at radius 1 is 1.29 bits per heavy atom. The Morgan fingerprint density at radius 2 is 2.29 bits per heavy atom. The summed E-state index contributed by atoms with van der Waals surface area (Å²) in [5.74, 6) is 3.49. The third-order valence-electron chi connectivity index (χ3n) is 3.83. The fourth-order valence-corrected chi connectivity index (χ4v) is 4.16. The normalized spacial score (nSPS) is 46.3. The Kier molecular flexibility index (Phi) is 2.73. The molecule has 4 atom stereocenters. The summed E-state index contributed by atoms with van der Waals surface area (Å²) in [7, 11) is 0. The van der Waals surface area contributed by atoms with Gasteiger partial charge in [0.05, 0.1) is 12.2 Å². The second-order valence-electron chi connectivity index (χ2n) is 4.84. The average Bonchev–Trinajstić information content (AvgIpc) is 2.91. The van der Waals surface area contributed by atoms with Crippen molar-refractivity contribution in [3.8, 4) is 0 Å². The highest BCUT2D eigenvalue weighted by atomic mass is 32.2. The lowest BCUT2D eigenvalue weighted by molar-refractivity contribution is 0.0921. The number of hydrogen-bond donors (Lipinski definition) is 1. The van der Waals surface area contributed by atoms with Crippen molar-refractivity contribution >= 4 is 11.8 Å². The molecule has 0 spiro atoms. The highest BCUT2D eigenvalue weighted by Gasteiger charge is 2.40. The van der Waals surface area contributed by atoms with Gasteiger partial charge in [0, 0.05) is 24.3 Å². The van der Waals surface area contributed by atoms with Crippen LogP contribution in [0.2, 0.25) is 0 Å². The first-order valence-corrected chi connectivity index (χ1v) is 7.04. The number of fused-ring (bicyclic) bond motifs is 2. The van der Waals surface area contributed by atoms with Crippen LogP contribution in [0.3, 0.4) is 0 Å². The van der Waals surface area contributed by atoms with Crippen LogP contribution >= 0.6 is 11.8 Å². The monoisotopic (exact) mass is 213 g/mol. The highest BCUT2D eigenvalue weighted by molar-refractivity contribution is 7.99. The molecule has 1 unspecified atom stereocenters. The summed E-state index contributed by atoms with van der Waals surface area (Å²) in [5, 5.41) is 3.71. The molecule has 3 rings (SSSR count). The molecule has 3 aliphatic heterocycles. The smallest absolute Gasteiger partial charge is 0.0621 e. The Morgan fingerprint density at radius 3 is 2.93 bits per heavy atom. The number of rotatable bonds is 3. The van der Waals surface area contributed by atoms with Gasteiger partial charge in [-0.1, -0.05) is 0 Å². The minimum atomic E-state index is 0.599. The molecule has 2 bridgehead atoms. The van der Waals surface area contributed by atoms with E-state index in [2.05, 4.69) is 17.1 Å². The quantitative estimate of drug-likeness (QED) is 0.770. The number of nitrogens with one attached hydrogen (secondary N) is 1. The zero-order valence-corrected chi connectivity index (χ0v) is 9.39. The van der Waals surface area contributed by atoms with Crippen molar-refractivity contribution < 1.29 is 4.74 Å². The van der Waals surface area contributed by atoms with Crippen molar-refractivity contribution in [2.75, 3.05) is 18.1 Å². The lowest BCUT2D eigenvalue weighted by Gasteiger charge is -2.21. The van der Waals surface area contributed by atoms with Crippen LogP contribution in [0.15, 0.2) is 0 Å². The number of hydrogen-bond acceptors (Lipinski definition) is 3. The van der Waals surface area contributed by atoms with Gasteiger partial charge in [-0.25, -0.2) is 0 Å². The maximum Gasteiger partial charge on any atom is 0.0621 e. The van der Waals surface area contributed by atoms with E-state index < -0.39 is 0 Å². The second-order valence-corrected chi connectivity index (χ2v) is 5.99. The summed E-state index contributed by atoms with van der Waals surface area (Å²) in [6.07, 6.45) is 6.53. The van der Waals surface area contributed by atoms with E-state index in [0.717, 1.165) is 12.0 Å².